The Morgan fingerprint density at radius 3 is 2.16 bits per heavy atom. The number of nitrogens with one attached hydrogen (secondary N) is 1. The Hall–Kier alpha value is -2.81. The molecule has 3 nitrogen and oxygen atoms in total. The molecule has 0 saturated heterocycles. The van der Waals surface area contributed by atoms with Crippen LogP contribution in [0.3, 0.4) is 0 Å². The molecule has 0 atom stereocenters. The Kier molecular flexibility index (Phi) is 7.02. The van der Waals surface area contributed by atoms with Gasteiger partial charge in [-0.2, -0.15) is 0 Å². The first kappa shape index (κ1) is 18.5. The summed E-state index contributed by atoms with van der Waals surface area (Å²) < 4.78 is 5.78. The number of anilines is 2. The summed E-state index contributed by atoms with van der Waals surface area (Å²) in [6, 6.07) is 15.3. The highest BCUT2D eigenvalue weighted by Gasteiger charge is 2.00. The lowest BCUT2D eigenvalue weighted by Crippen LogP contribution is -1.98. The summed E-state index contributed by atoms with van der Waals surface area (Å²) in [5.41, 5.74) is 3.81. The van der Waals surface area contributed by atoms with Crippen molar-refractivity contribution in [2.75, 3.05) is 11.9 Å². The van der Waals surface area contributed by atoms with Crippen LogP contribution < -0.4 is 10.1 Å². The molecule has 25 heavy (non-hydrogen) atoms. The van der Waals surface area contributed by atoms with Crippen LogP contribution >= 0.6 is 0 Å². The van der Waals surface area contributed by atoms with Gasteiger partial charge < -0.3 is 10.1 Å². The number of ketones is 1. The van der Waals surface area contributed by atoms with Crippen LogP contribution in [0.15, 0.2) is 72.3 Å². The average molecular weight is 335 g/mol. The van der Waals surface area contributed by atoms with E-state index in [1.54, 1.807) is 6.92 Å². The van der Waals surface area contributed by atoms with Gasteiger partial charge in [0.15, 0.2) is 5.78 Å². The van der Waals surface area contributed by atoms with E-state index in [9.17, 15) is 4.79 Å². The van der Waals surface area contributed by atoms with Crippen molar-refractivity contribution in [3.05, 3.63) is 77.9 Å². The molecule has 0 aliphatic rings. The quantitative estimate of drug-likeness (QED) is 0.480. The predicted molar refractivity (Wildman–Crippen MR) is 105 cm³/mol. The third-order valence-electron chi connectivity index (χ3n) is 3.65. The molecule has 2 aromatic rings. The van der Waals surface area contributed by atoms with E-state index in [2.05, 4.69) is 37.4 Å². The summed E-state index contributed by atoms with van der Waals surface area (Å²) >= 11 is 0. The number of benzene rings is 2. The van der Waals surface area contributed by atoms with Gasteiger partial charge in [0.05, 0.1) is 0 Å². The van der Waals surface area contributed by atoms with Gasteiger partial charge in [-0.25, -0.2) is 0 Å². The Bertz CT molecular complexity index is 741. The molecule has 2 aromatic carbocycles. The molecule has 0 aliphatic carbocycles. The first-order chi connectivity index (χ1) is 12.1. The van der Waals surface area contributed by atoms with Gasteiger partial charge in [-0.3, -0.25) is 4.79 Å². The lowest BCUT2D eigenvalue weighted by atomic mass is 10.1. The first-order valence-corrected chi connectivity index (χ1v) is 8.51. The van der Waals surface area contributed by atoms with Crippen LogP contribution in [0, 0.1) is 0 Å². The van der Waals surface area contributed by atoms with Crippen LogP contribution in [0.5, 0.6) is 5.75 Å². The lowest BCUT2D eigenvalue weighted by molar-refractivity contribution is 0.101. The second-order valence-electron chi connectivity index (χ2n) is 5.92. The molecule has 0 aromatic heterocycles. The molecule has 1 N–H and O–H groups in total. The van der Waals surface area contributed by atoms with E-state index in [4.69, 9.17) is 4.74 Å². The van der Waals surface area contributed by atoms with Crippen molar-refractivity contribution in [1.29, 1.82) is 0 Å². The second-order valence-corrected chi connectivity index (χ2v) is 5.92. The summed E-state index contributed by atoms with van der Waals surface area (Å²) in [7, 11) is 0. The van der Waals surface area contributed by atoms with Gasteiger partial charge in [-0.15, -0.1) is 0 Å². The maximum Gasteiger partial charge on any atom is 0.159 e. The summed E-state index contributed by atoms with van der Waals surface area (Å²) in [6.07, 6.45) is 7.29. The van der Waals surface area contributed by atoms with E-state index in [0.717, 1.165) is 23.5 Å². The van der Waals surface area contributed by atoms with Crippen molar-refractivity contribution in [1.82, 2.24) is 0 Å². The fraction of sp³-hybridized carbons (Fsp3) is 0.227. The van der Waals surface area contributed by atoms with Crippen LogP contribution in [-0.4, -0.2) is 12.4 Å². The van der Waals surface area contributed by atoms with Crippen LogP contribution in [0.25, 0.3) is 0 Å². The number of carbonyl (C=O) groups excluding carboxylic acids is 1. The monoisotopic (exact) mass is 335 g/mol. The van der Waals surface area contributed by atoms with E-state index in [1.807, 2.05) is 48.5 Å². The number of ether oxygens (including phenoxy) is 1. The zero-order valence-corrected chi connectivity index (χ0v) is 15.1. The molecule has 0 heterocycles. The number of rotatable bonds is 8. The Morgan fingerprint density at radius 1 is 1.00 bits per heavy atom. The number of hydrogen-bond donors (Lipinski definition) is 1. The number of carbonyl (C=O) groups is 1. The third-order valence-corrected chi connectivity index (χ3v) is 3.65. The normalized spacial score (nSPS) is 11.6. The number of hydrogen-bond acceptors (Lipinski definition) is 3. The van der Waals surface area contributed by atoms with Gasteiger partial charge >= 0.3 is 0 Å². The molecule has 2 rings (SSSR count). The minimum atomic E-state index is 0.0718. The maximum atomic E-state index is 11.3. The standard InChI is InChI=1S/C22H25NO2/c1-4-5-6-7-17(2)16-25-22-14-12-21(13-15-22)23-20-10-8-19(9-11-20)18(3)24/h5-15,23H,4,16H2,1-3H3/b6-5-,17-7+. The van der Waals surface area contributed by atoms with Crippen LogP contribution in [0.2, 0.25) is 0 Å². The van der Waals surface area contributed by atoms with Crippen molar-refractivity contribution in [2.45, 2.75) is 27.2 Å². The summed E-state index contributed by atoms with van der Waals surface area (Å²) in [5.74, 6) is 0.910. The molecule has 0 aliphatic heterocycles. The zero-order chi connectivity index (χ0) is 18.1. The highest BCUT2D eigenvalue weighted by atomic mass is 16.5. The molecule has 0 amide bonds. The topological polar surface area (TPSA) is 38.3 Å². The van der Waals surface area contributed by atoms with E-state index < -0.39 is 0 Å². The molecular weight excluding hydrogens is 310 g/mol. The summed E-state index contributed by atoms with van der Waals surface area (Å²) in [5, 5.41) is 3.31. The zero-order valence-electron chi connectivity index (χ0n) is 15.1. The Labute approximate surface area is 150 Å². The molecule has 3 heteroatoms. The molecule has 0 saturated carbocycles. The van der Waals surface area contributed by atoms with Crippen molar-refractivity contribution in [3.63, 3.8) is 0 Å². The predicted octanol–water partition coefficient (Wildman–Crippen LogP) is 5.92. The van der Waals surface area contributed by atoms with E-state index >= 15 is 0 Å². The van der Waals surface area contributed by atoms with Crippen molar-refractivity contribution in [3.8, 4) is 5.75 Å². The lowest BCUT2D eigenvalue weighted by Gasteiger charge is -2.09. The largest absolute Gasteiger partial charge is 0.489 e. The van der Waals surface area contributed by atoms with Gasteiger partial charge in [0.25, 0.3) is 0 Å². The summed E-state index contributed by atoms with van der Waals surface area (Å²) in [6.45, 7) is 6.32. The molecule has 0 unspecified atom stereocenters. The average Bonchev–Trinajstić information content (AvgIpc) is 2.62. The minimum Gasteiger partial charge on any atom is -0.489 e. The Morgan fingerprint density at radius 2 is 1.60 bits per heavy atom. The fourth-order valence-electron chi connectivity index (χ4n) is 2.20. The molecule has 0 radical (unpaired) electrons. The Balaban J connectivity index is 1.90. The molecular formula is C22H25NO2. The van der Waals surface area contributed by atoms with Crippen molar-refractivity contribution < 1.29 is 9.53 Å². The minimum absolute atomic E-state index is 0.0718. The van der Waals surface area contributed by atoms with Gasteiger partial charge in [0.1, 0.15) is 12.4 Å². The smallest absolute Gasteiger partial charge is 0.159 e. The molecule has 130 valence electrons. The summed E-state index contributed by atoms with van der Waals surface area (Å²) in [4.78, 5) is 11.3. The maximum absolute atomic E-state index is 11.3. The van der Waals surface area contributed by atoms with Crippen LogP contribution in [0.4, 0.5) is 11.4 Å². The van der Waals surface area contributed by atoms with E-state index in [1.165, 1.54) is 5.57 Å². The van der Waals surface area contributed by atoms with Crippen molar-refractivity contribution in [2.24, 2.45) is 0 Å². The fourth-order valence-corrected chi connectivity index (χ4v) is 2.20. The molecule has 0 fully saturated rings. The first-order valence-electron chi connectivity index (χ1n) is 8.51. The molecule has 0 bridgehead atoms. The van der Waals surface area contributed by atoms with E-state index in [-0.39, 0.29) is 5.78 Å². The second kappa shape index (κ2) is 9.48. The SMILES string of the molecule is CC/C=C\C=C(/C)COc1ccc(Nc2ccc(C(C)=O)cc2)cc1. The number of allylic oxidation sites excluding steroid dienone is 3. The van der Waals surface area contributed by atoms with Gasteiger partial charge in [-0.1, -0.05) is 25.2 Å². The number of Topliss-reactive ketones (excluding diaryl/α,β-unsaturated/α-hetero) is 1. The van der Waals surface area contributed by atoms with Crippen LogP contribution in [-0.2, 0) is 0 Å². The molecule has 0 spiro atoms. The van der Waals surface area contributed by atoms with Gasteiger partial charge in [-0.05, 0) is 74.4 Å². The van der Waals surface area contributed by atoms with E-state index in [0.29, 0.717) is 12.2 Å². The van der Waals surface area contributed by atoms with Gasteiger partial charge in [0.2, 0.25) is 0 Å². The van der Waals surface area contributed by atoms with Crippen LogP contribution in [0.1, 0.15) is 37.6 Å². The van der Waals surface area contributed by atoms with Crippen molar-refractivity contribution >= 4 is 17.2 Å². The van der Waals surface area contributed by atoms with Gasteiger partial charge in [0, 0.05) is 16.9 Å². The third kappa shape index (κ3) is 6.30. The highest BCUT2D eigenvalue weighted by Crippen LogP contribution is 2.21. The highest BCUT2D eigenvalue weighted by molar-refractivity contribution is 5.94.